The molecule has 0 bridgehead atoms. The number of hydrogen-bond donors (Lipinski definition) is 1. The smallest absolute Gasteiger partial charge is 0.329 e. The number of hydrogen-bond acceptors (Lipinski definition) is 6. The molecule has 7 nitrogen and oxygen atoms in total. The zero-order valence-corrected chi connectivity index (χ0v) is 16.8. The second kappa shape index (κ2) is 8.53. The van der Waals surface area contributed by atoms with Crippen molar-refractivity contribution in [2.75, 3.05) is 0 Å². The molecular weight excluding hydrogens is 402 g/mol. The zero-order chi connectivity index (χ0) is 20.3. The van der Waals surface area contributed by atoms with Gasteiger partial charge in [0.25, 0.3) is 11.5 Å². The Kier molecular flexibility index (Phi) is 6.11. The Hall–Kier alpha value is -2.71. The van der Waals surface area contributed by atoms with Crippen LogP contribution >= 0.6 is 22.9 Å². The fraction of sp³-hybridized carbons (Fsp3) is 0.263. The maximum absolute atomic E-state index is 12.5. The van der Waals surface area contributed by atoms with Crippen LogP contribution < -0.4 is 10.9 Å². The molecule has 0 saturated carbocycles. The molecule has 0 unspecified atom stereocenters. The normalized spacial score (nSPS) is 12.1. The number of benzene rings is 1. The molecular formula is C19H18ClN3O4S. The Balaban J connectivity index is 1.69. The van der Waals surface area contributed by atoms with Crippen molar-refractivity contribution < 1.29 is 14.3 Å². The van der Waals surface area contributed by atoms with Crippen LogP contribution in [0, 0.1) is 5.92 Å². The largest absolute Gasteiger partial charge is 0.458 e. The molecule has 0 fully saturated rings. The van der Waals surface area contributed by atoms with E-state index in [2.05, 4.69) is 10.3 Å². The molecule has 1 amide bonds. The quantitative estimate of drug-likeness (QED) is 0.620. The SMILES string of the molecule is CC(C)[C@H](NC(=O)c1ccccc1Cl)C(=O)OCc1cc(=O)n2ccsc2n1. The van der Waals surface area contributed by atoms with Crippen molar-refractivity contribution in [3.05, 3.63) is 68.5 Å². The summed E-state index contributed by atoms with van der Waals surface area (Å²) >= 11 is 7.35. The molecule has 3 rings (SSSR count). The Morgan fingerprint density at radius 1 is 1.32 bits per heavy atom. The molecule has 1 atom stereocenters. The highest BCUT2D eigenvalue weighted by atomic mass is 35.5. The number of esters is 1. The number of thiazole rings is 1. The van der Waals surface area contributed by atoms with Crippen LogP contribution in [0.15, 0.2) is 46.7 Å². The third-order valence-electron chi connectivity index (χ3n) is 4.04. The molecule has 0 saturated heterocycles. The second-order valence-corrected chi connectivity index (χ2v) is 7.70. The third kappa shape index (κ3) is 4.40. The summed E-state index contributed by atoms with van der Waals surface area (Å²) in [6, 6.07) is 7.04. The fourth-order valence-electron chi connectivity index (χ4n) is 2.56. The molecule has 2 heterocycles. The highest BCUT2D eigenvalue weighted by Crippen LogP contribution is 2.16. The highest BCUT2D eigenvalue weighted by Gasteiger charge is 2.27. The first-order chi connectivity index (χ1) is 13.4. The van der Waals surface area contributed by atoms with Crippen LogP contribution in [-0.2, 0) is 16.1 Å². The van der Waals surface area contributed by atoms with Gasteiger partial charge in [0.05, 0.1) is 16.3 Å². The first-order valence-corrected chi connectivity index (χ1v) is 9.80. The molecule has 0 aliphatic heterocycles. The van der Waals surface area contributed by atoms with Crippen molar-refractivity contribution in [1.82, 2.24) is 14.7 Å². The van der Waals surface area contributed by atoms with Gasteiger partial charge in [-0.1, -0.05) is 37.6 Å². The topological polar surface area (TPSA) is 89.8 Å². The Labute approximate surface area is 169 Å². The van der Waals surface area contributed by atoms with E-state index >= 15 is 0 Å². The van der Waals surface area contributed by atoms with Crippen molar-refractivity contribution in [2.45, 2.75) is 26.5 Å². The Morgan fingerprint density at radius 2 is 2.07 bits per heavy atom. The monoisotopic (exact) mass is 419 g/mol. The summed E-state index contributed by atoms with van der Waals surface area (Å²) in [6.07, 6.45) is 1.63. The molecule has 1 aromatic carbocycles. The number of nitrogens with one attached hydrogen (secondary N) is 1. The summed E-state index contributed by atoms with van der Waals surface area (Å²) in [4.78, 5) is 41.8. The van der Waals surface area contributed by atoms with Crippen LogP contribution in [0.3, 0.4) is 0 Å². The Bertz CT molecular complexity index is 1080. The van der Waals surface area contributed by atoms with E-state index in [9.17, 15) is 14.4 Å². The molecule has 28 heavy (non-hydrogen) atoms. The average Bonchev–Trinajstić information content (AvgIpc) is 3.13. The van der Waals surface area contributed by atoms with Crippen molar-refractivity contribution in [1.29, 1.82) is 0 Å². The first-order valence-electron chi connectivity index (χ1n) is 8.54. The zero-order valence-electron chi connectivity index (χ0n) is 15.2. The van der Waals surface area contributed by atoms with E-state index in [-0.39, 0.29) is 23.6 Å². The van der Waals surface area contributed by atoms with Gasteiger partial charge in [0.15, 0.2) is 4.96 Å². The van der Waals surface area contributed by atoms with Crippen molar-refractivity contribution in [3.63, 3.8) is 0 Å². The summed E-state index contributed by atoms with van der Waals surface area (Å²) in [7, 11) is 0. The average molecular weight is 420 g/mol. The lowest BCUT2D eigenvalue weighted by molar-refractivity contribution is -0.148. The predicted molar refractivity (Wildman–Crippen MR) is 107 cm³/mol. The maximum Gasteiger partial charge on any atom is 0.329 e. The van der Waals surface area contributed by atoms with Crippen LogP contribution in [0.4, 0.5) is 0 Å². The standard InChI is InChI=1S/C19H18ClN3O4S/c1-11(2)16(22-17(25)13-5-3-4-6-14(13)20)18(26)27-10-12-9-15(24)23-7-8-28-19(23)21-12/h3-9,11,16H,10H2,1-2H3,(H,22,25)/t16-/m0/s1. The van der Waals surface area contributed by atoms with Gasteiger partial charge in [0, 0.05) is 17.6 Å². The fourth-order valence-corrected chi connectivity index (χ4v) is 3.52. The van der Waals surface area contributed by atoms with Gasteiger partial charge < -0.3 is 10.1 Å². The van der Waals surface area contributed by atoms with Gasteiger partial charge in [-0.2, -0.15) is 0 Å². The van der Waals surface area contributed by atoms with E-state index in [0.29, 0.717) is 15.7 Å². The number of nitrogens with zero attached hydrogens (tertiary/aromatic N) is 2. The molecule has 146 valence electrons. The van der Waals surface area contributed by atoms with Crippen molar-refractivity contribution in [2.24, 2.45) is 5.92 Å². The molecule has 0 aliphatic rings. The number of rotatable bonds is 6. The Morgan fingerprint density at radius 3 is 2.79 bits per heavy atom. The van der Waals surface area contributed by atoms with E-state index < -0.39 is 17.9 Å². The number of aromatic nitrogens is 2. The summed E-state index contributed by atoms with van der Waals surface area (Å²) < 4.78 is 6.72. The summed E-state index contributed by atoms with van der Waals surface area (Å²) in [5.74, 6) is -1.28. The number of carbonyl (C=O) groups excluding carboxylic acids is 2. The van der Waals surface area contributed by atoms with E-state index in [1.807, 2.05) is 0 Å². The molecule has 1 N–H and O–H groups in total. The lowest BCUT2D eigenvalue weighted by Crippen LogP contribution is -2.45. The predicted octanol–water partition coefficient (Wildman–Crippen LogP) is 2.91. The van der Waals surface area contributed by atoms with Gasteiger partial charge in [-0.25, -0.2) is 9.78 Å². The van der Waals surface area contributed by atoms with E-state index in [1.54, 1.807) is 49.7 Å². The first kappa shape index (κ1) is 20.0. The van der Waals surface area contributed by atoms with E-state index in [1.165, 1.54) is 21.8 Å². The van der Waals surface area contributed by atoms with Crippen LogP contribution in [0.25, 0.3) is 4.96 Å². The number of fused-ring (bicyclic) bond motifs is 1. The summed E-state index contributed by atoms with van der Waals surface area (Å²) in [5.41, 5.74) is 0.380. The summed E-state index contributed by atoms with van der Waals surface area (Å²) in [5, 5.41) is 4.71. The lowest BCUT2D eigenvalue weighted by atomic mass is 10.0. The van der Waals surface area contributed by atoms with Gasteiger partial charge in [-0.05, 0) is 18.1 Å². The van der Waals surface area contributed by atoms with Gasteiger partial charge in [0.2, 0.25) is 0 Å². The van der Waals surface area contributed by atoms with Crippen LogP contribution in [0.2, 0.25) is 5.02 Å². The minimum atomic E-state index is -0.865. The van der Waals surface area contributed by atoms with E-state index in [0.717, 1.165) is 0 Å². The number of carbonyl (C=O) groups is 2. The third-order valence-corrected chi connectivity index (χ3v) is 5.13. The number of halogens is 1. The minimum absolute atomic E-state index is 0.159. The lowest BCUT2D eigenvalue weighted by Gasteiger charge is -2.21. The van der Waals surface area contributed by atoms with Gasteiger partial charge in [-0.3, -0.25) is 14.0 Å². The van der Waals surface area contributed by atoms with Crippen molar-refractivity contribution in [3.8, 4) is 0 Å². The molecule has 0 radical (unpaired) electrons. The van der Waals surface area contributed by atoms with Crippen LogP contribution in [-0.4, -0.2) is 27.3 Å². The number of ether oxygens (including phenoxy) is 1. The van der Waals surface area contributed by atoms with E-state index in [4.69, 9.17) is 16.3 Å². The van der Waals surface area contributed by atoms with Gasteiger partial charge in [0.1, 0.15) is 12.6 Å². The maximum atomic E-state index is 12.5. The number of amides is 1. The molecule has 0 aliphatic carbocycles. The second-order valence-electron chi connectivity index (χ2n) is 6.42. The molecule has 9 heteroatoms. The van der Waals surface area contributed by atoms with Gasteiger partial charge >= 0.3 is 5.97 Å². The minimum Gasteiger partial charge on any atom is -0.458 e. The van der Waals surface area contributed by atoms with Gasteiger partial charge in [-0.15, -0.1) is 11.3 Å². The molecule has 2 aromatic heterocycles. The highest BCUT2D eigenvalue weighted by molar-refractivity contribution is 7.15. The van der Waals surface area contributed by atoms with Crippen LogP contribution in [0.5, 0.6) is 0 Å². The van der Waals surface area contributed by atoms with Crippen molar-refractivity contribution >= 4 is 39.8 Å². The molecule has 0 spiro atoms. The summed E-state index contributed by atoms with van der Waals surface area (Å²) in [6.45, 7) is 3.43. The van der Waals surface area contributed by atoms with Crippen LogP contribution in [0.1, 0.15) is 29.9 Å². The molecule has 3 aromatic rings.